The number of rotatable bonds is 12. The zero-order valence-corrected chi connectivity index (χ0v) is 20.6. The molecule has 0 bridgehead atoms. The fourth-order valence-corrected chi connectivity index (χ4v) is 4.37. The van der Waals surface area contributed by atoms with Crippen molar-refractivity contribution < 1.29 is 19.1 Å². The number of carbonyl (C=O) groups excluding carboxylic acids is 3. The van der Waals surface area contributed by atoms with Gasteiger partial charge in [-0.1, -0.05) is 43.5 Å². The topological polar surface area (TPSA) is 79.8 Å². The smallest absolute Gasteiger partial charge is 0.309 e. The van der Waals surface area contributed by atoms with Gasteiger partial charge in [-0.05, 0) is 37.3 Å². The number of halogens is 1. The minimum atomic E-state index is -0.710. The van der Waals surface area contributed by atoms with Crippen LogP contribution in [0, 0.1) is 11.8 Å². The molecule has 1 fully saturated rings. The summed E-state index contributed by atoms with van der Waals surface area (Å²) in [6.45, 7) is 4.67. The van der Waals surface area contributed by atoms with Crippen LogP contribution in [0.3, 0.4) is 0 Å². The number of hydrogen-bond donors (Lipinski definition) is 0. The Bertz CT molecular complexity index is 796. The SMILES string of the molecule is C=C(Cl)C[C@@H](CC(=O)N(CC(=O)N(C)CCc1ccccn1)CC1CCCCC1)C(=O)OC. The predicted molar refractivity (Wildman–Crippen MR) is 128 cm³/mol. The minimum Gasteiger partial charge on any atom is -0.469 e. The summed E-state index contributed by atoms with van der Waals surface area (Å²) in [6.07, 6.45) is 8.06. The highest BCUT2D eigenvalue weighted by molar-refractivity contribution is 6.29. The van der Waals surface area contributed by atoms with Gasteiger partial charge in [0.15, 0.2) is 0 Å². The van der Waals surface area contributed by atoms with Crippen LogP contribution >= 0.6 is 11.6 Å². The molecule has 2 amide bonds. The van der Waals surface area contributed by atoms with E-state index in [2.05, 4.69) is 11.6 Å². The number of methoxy groups -OCH3 is 1. The van der Waals surface area contributed by atoms with Gasteiger partial charge in [0.05, 0.1) is 19.6 Å². The van der Waals surface area contributed by atoms with Crippen molar-refractivity contribution in [2.75, 3.05) is 33.8 Å². The van der Waals surface area contributed by atoms with Crippen LogP contribution in [0.2, 0.25) is 0 Å². The van der Waals surface area contributed by atoms with Crippen LogP contribution in [0.15, 0.2) is 36.0 Å². The quantitative estimate of drug-likeness (QED) is 0.427. The van der Waals surface area contributed by atoms with Crippen LogP contribution in [-0.2, 0) is 25.5 Å². The van der Waals surface area contributed by atoms with E-state index in [1.807, 2.05) is 18.2 Å². The summed E-state index contributed by atoms with van der Waals surface area (Å²) in [5.74, 6) is -1.21. The van der Waals surface area contributed by atoms with E-state index in [9.17, 15) is 14.4 Å². The van der Waals surface area contributed by atoms with E-state index in [1.165, 1.54) is 13.5 Å². The lowest BCUT2D eigenvalue weighted by molar-refractivity contribution is -0.149. The van der Waals surface area contributed by atoms with Crippen molar-refractivity contribution in [2.24, 2.45) is 11.8 Å². The number of amides is 2. The number of likely N-dealkylation sites (N-methyl/N-ethyl adjacent to an activating group) is 1. The highest BCUT2D eigenvalue weighted by atomic mass is 35.5. The summed E-state index contributed by atoms with van der Waals surface area (Å²) in [6, 6.07) is 5.70. The molecule has 0 spiro atoms. The highest BCUT2D eigenvalue weighted by Gasteiger charge is 2.29. The van der Waals surface area contributed by atoms with Gasteiger partial charge in [0.2, 0.25) is 11.8 Å². The fourth-order valence-electron chi connectivity index (χ4n) is 4.19. The monoisotopic (exact) mass is 477 g/mol. The first-order valence-electron chi connectivity index (χ1n) is 11.6. The average molecular weight is 478 g/mol. The van der Waals surface area contributed by atoms with Crippen LogP contribution in [-0.4, -0.2) is 66.4 Å². The van der Waals surface area contributed by atoms with E-state index in [4.69, 9.17) is 16.3 Å². The molecule has 0 saturated heterocycles. The van der Waals surface area contributed by atoms with E-state index >= 15 is 0 Å². The Labute approximate surface area is 202 Å². The molecule has 1 aliphatic rings. The molecule has 33 heavy (non-hydrogen) atoms. The maximum atomic E-state index is 13.2. The third-order valence-corrected chi connectivity index (χ3v) is 6.32. The molecule has 1 aliphatic carbocycles. The van der Waals surface area contributed by atoms with Gasteiger partial charge in [-0.3, -0.25) is 19.4 Å². The lowest BCUT2D eigenvalue weighted by atomic mass is 9.88. The maximum Gasteiger partial charge on any atom is 0.309 e. The summed E-state index contributed by atoms with van der Waals surface area (Å²) >= 11 is 5.91. The molecule has 8 heteroatoms. The molecule has 0 N–H and O–H groups in total. The predicted octanol–water partition coefficient (Wildman–Crippen LogP) is 3.81. The van der Waals surface area contributed by atoms with Gasteiger partial charge in [-0.2, -0.15) is 0 Å². The minimum absolute atomic E-state index is 0.0102. The molecule has 182 valence electrons. The van der Waals surface area contributed by atoms with Crippen molar-refractivity contribution >= 4 is 29.4 Å². The Balaban J connectivity index is 2.04. The second kappa shape index (κ2) is 14.0. The van der Waals surface area contributed by atoms with Crippen LogP contribution in [0.4, 0.5) is 0 Å². The summed E-state index contributed by atoms with van der Waals surface area (Å²) in [5, 5.41) is 0.294. The van der Waals surface area contributed by atoms with E-state index in [1.54, 1.807) is 23.0 Å². The summed E-state index contributed by atoms with van der Waals surface area (Å²) in [7, 11) is 3.03. The molecule has 0 aromatic carbocycles. The maximum absolute atomic E-state index is 13.2. The molecular weight excluding hydrogens is 442 g/mol. The van der Waals surface area contributed by atoms with E-state index < -0.39 is 11.9 Å². The Morgan fingerprint density at radius 2 is 1.91 bits per heavy atom. The first kappa shape index (κ1) is 26.8. The van der Waals surface area contributed by atoms with Gasteiger partial charge in [0, 0.05) is 49.9 Å². The zero-order valence-electron chi connectivity index (χ0n) is 19.8. The highest BCUT2D eigenvalue weighted by Crippen LogP contribution is 2.26. The molecule has 7 nitrogen and oxygen atoms in total. The fraction of sp³-hybridized carbons (Fsp3) is 0.600. The van der Waals surface area contributed by atoms with Crippen LogP contribution in [0.1, 0.15) is 50.6 Å². The van der Waals surface area contributed by atoms with Gasteiger partial charge in [-0.25, -0.2) is 0 Å². The molecule has 1 heterocycles. The number of pyridine rings is 1. The Hall–Kier alpha value is -2.41. The van der Waals surface area contributed by atoms with E-state index in [-0.39, 0.29) is 31.2 Å². The third-order valence-electron chi connectivity index (χ3n) is 6.16. The summed E-state index contributed by atoms with van der Waals surface area (Å²) < 4.78 is 4.85. The van der Waals surface area contributed by atoms with Crippen LogP contribution in [0.25, 0.3) is 0 Å². The average Bonchev–Trinajstić information content (AvgIpc) is 2.82. The zero-order chi connectivity index (χ0) is 24.2. The lowest BCUT2D eigenvalue weighted by Crippen LogP contribution is -2.45. The summed E-state index contributed by atoms with van der Waals surface area (Å²) in [4.78, 5) is 45.9. The van der Waals surface area contributed by atoms with E-state index in [0.29, 0.717) is 30.5 Å². The molecule has 1 aromatic heterocycles. The van der Waals surface area contributed by atoms with Crippen molar-refractivity contribution in [2.45, 2.75) is 51.4 Å². The van der Waals surface area contributed by atoms with Crippen molar-refractivity contribution in [3.63, 3.8) is 0 Å². The normalized spacial score (nSPS) is 14.9. The molecule has 2 rings (SSSR count). The van der Waals surface area contributed by atoms with Gasteiger partial charge >= 0.3 is 5.97 Å². The number of ether oxygens (including phenoxy) is 1. The van der Waals surface area contributed by atoms with E-state index in [0.717, 1.165) is 31.4 Å². The number of esters is 1. The van der Waals surface area contributed by atoms with Crippen LogP contribution in [0.5, 0.6) is 0 Å². The first-order chi connectivity index (χ1) is 15.8. The largest absolute Gasteiger partial charge is 0.469 e. The molecule has 1 aromatic rings. The van der Waals surface area contributed by atoms with Crippen molar-refractivity contribution in [1.29, 1.82) is 0 Å². The molecule has 1 saturated carbocycles. The Morgan fingerprint density at radius 3 is 2.52 bits per heavy atom. The second-order valence-electron chi connectivity index (χ2n) is 8.81. The number of carbonyl (C=O) groups is 3. The molecule has 0 radical (unpaired) electrons. The molecular formula is C25H36ClN3O4. The molecule has 1 atom stereocenters. The molecule has 0 unspecified atom stereocenters. The van der Waals surface area contributed by atoms with Gasteiger partial charge < -0.3 is 14.5 Å². The van der Waals surface area contributed by atoms with Crippen molar-refractivity contribution in [3.8, 4) is 0 Å². The summed E-state index contributed by atoms with van der Waals surface area (Å²) in [5.41, 5.74) is 0.912. The molecule has 0 aliphatic heterocycles. The van der Waals surface area contributed by atoms with Crippen LogP contribution < -0.4 is 0 Å². The standard InChI is InChI=1S/C25H36ClN3O4/c1-19(26)15-21(25(32)33-3)16-23(30)29(17-20-9-5-4-6-10-20)18-24(31)28(2)14-12-22-11-7-8-13-27-22/h7-8,11,13,20-21H,1,4-6,9-10,12,14-18H2,2-3H3/t21-/m0/s1. The van der Waals surface area contributed by atoms with Gasteiger partial charge in [0.25, 0.3) is 0 Å². The van der Waals surface area contributed by atoms with Crippen molar-refractivity contribution in [1.82, 2.24) is 14.8 Å². The van der Waals surface area contributed by atoms with Gasteiger partial charge in [0.1, 0.15) is 0 Å². The third kappa shape index (κ3) is 9.54. The lowest BCUT2D eigenvalue weighted by Gasteiger charge is -2.31. The Kier molecular flexibility index (Phi) is 11.4. The number of nitrogens with zero attached hydrogens (tertiary/aromatic N) is 3. The number of hydrogen-bond acceptors (Lipinski definition) is 5. The number of allylic oxidation sites excluding steroid dienone is 1. The first-order valence-corrected chi connectivity index (χ1v) is 12.0. The van der Waals surface area contributed by atoms with Gasteiger partial charge in [-0.15, -0.1) is 0 Å². The number of aromatic nitrogens is 1. The second-order valence-corrected chi connectivity index (χ2v) is 9.34. The van der Waals surface area contributed by atoms with Crippen molar-refractivity contribution in [3.05, 3.63) is 41.7 Å². The Morgan fingerprint density at radius 1 is 1.18 bits per heavy atom.